The number of ether oxygens (including phenoxy) is 2. The number of carbonyl (C=O) groups is 1. The lowest BCUT2D eigenvalue weighted by atomic mass is 10.0. The summed E-state index contributed by atoms with van der Waals surface area (Å²) in [7, 11) is 3.11. The fraction of sp³-hybridized carbons (Fsp3) is 0.350. The molecule has 1 aliphatic heterocycles. The Hall–Kier alpha value is -2.73. The van der Waals surface area contributed by atoms with Crippen LogP contribution in [-0.4, -0.2) is 48.4 Å². The van der Waals surface area contributed by atoms with Gasteiger partial charge in [0.2, 0.25) is 0 Å². The van der Waals surface area contributed by atoms with Gasteiger partial charge in [-0.1, -0.05) is 12.1 Å². The third-order valence-electron chi connectivity index (χ3n) is 4.75. The van der Waals surface area contributed by atoms with E-state index in [1.807, 2.05) is 24.3 Å². The lowest BCUT2D eigenvalue weighted by Crippen LogP contribution is -2.26. The lowest BCUT2D eigenvalue weighted by Gasteiger charge is -2.15. The van der Waals surface area contributed by atoms with Crippen LogP contribution in [0.4, 0.5) is 0 Å². The van der Waals surface area contributed by atoms with Gasteiger partial charge in [0.15, 0.2) is 0 Å². The molecule has 26 heavy (non-hydrogen) atoms. The maximum atomic E-state index is 12.7. The van der Waals surface area contributed by atoms with E-state index < -0.39 is 0 Å². The summed E-state index contributed by atoms with van der Waals surface area (Å²) in [4.78, 5) is 14.4. The Morgan fingerprint density at radius 1 is 1.12 bits per heavy atom. The molecule has 1 aliphatic rings. The van der Waals surface area contributed by atoms with Crippen LogP contribution in [0.2, 0.25) is 0 Å². The number of rotatable bonds is 7. The van der Waals surface area contributed by atoms with Crippen LogP contribution in [0.3, 0.4) is 0 Å². The second-order valence-electron chi connectivity index (χ2n) is 6.23. The van der Waals surface area contributed by atoms with Gasteiger partial charge in [0.25, 0.3) is 5.91 Å². The Bertz CT molecular complexity index is 801. The summed E-state index contributed by atoms with van der Waals surface area (Å²) in [5.41, 5.74) is 2.72. The number of benzene rings is 2. The summed E-state index contributed by atoms with van der Waals surface area (Å²) >= 11 is 0. The molecule has 2 aromatic carbocycles. The Kier molecular flexibility index (Phi) is 5.32. The molecule has 0 radical (unpaired) electrons. The van der Waals surface area contributed by atoms with E-state index in [4.69, 9.17) is 9.47 Å². The molecule has 1 heterocycles. The summed E-state index contributed by atoms with van der Waals surface area (Å²) in [5.74, 6) is 1.17. The molecule has 0 aromatic heterocycles. The van der Waals surface area contributed by atoms with Gasteiger partial charge < -0.3 is 24.6 Å². The third kappa shape index (κ3) is 3.32. The fourth-order valence-corrected chi connectivity index (χ4v) is 3.29. The molecular weight excluding hydrogens is 334 g/mol. The molecule has 0 atom stereocenters. The summed E-state index contributed by atoms with van der Waals surface area (Å²) < 4.78 is 10.4. The van der Waals surface area contributed by atoms with Crippen molar-refractivity contribution in [3.63, 3.8) is 0 Å². The van der Waals surface area contributed by atoms with Crippen LogP contribution in [-0.2, 0) is 19.4 Å². The minimum atomic E-state index is -0.113. The minimum absolute atomic E-state index is 0.0497. The molecule has 6 heteroatoms. The molecular formula is C20H23NO5. The van der Waals surface area contributed by atoms with Crippen LogP contribution in [0.1, 0.15) is 27.0 Å². The van der Waals surface area contributed by atoms with Crippen molar-refractivity contribution < 1.29 is 24.5 Å². The summed E-state index contributed by atoms with van der Waals surface area (Å²) in [6.07, 6.45) is 0.993. The van der Waals surface area contributed by atoms with E-state index in [9.17, 15) is 15.0 Å². The van der Waals surface area contributed by atoms with Gasteiger partial charge >= 0.3 is 0 Å². The first-order chi connectivity index (χ1) is 12.6. The number of aliphatic hydroxyl groups excluding tert-OH is 1. The molecule has 6 nitrogen and oxygen atoms in total. The molecule has 2 N–H and O–H groups in total. The quantitative estimate of drug-likeness (QED) is 0.794. The van der Waals surface area contributed by atoms with Crippen molar-refractivity contribution in [1.82, 2.24) is 4.90 Å². The van der Waals surface area contributed by atoms with Gasteiger partial charge in [0.05, 0.1) is 26.3 Å². The molecule has 0 fully saturated rings. The number of aromatic hydroxyl groups is 1. The third-order valence-corrected chi connectivity index (χ3v) is 4.75. The van der Waals surface area contributed by atoms with Crippen LogP contribution in [0, 0.1) is 0 Å². The van der Waals surface area contributed by atoms with Crippen molar-refractivity contribution in [2.45, 2.75) is 19.4 Å². The number of phenolic OH excluding ortho intramolecular Hbond substituents is 1. The topological polar surface area (TPSA) is 79.2 Å². The van der Waals surface area contributed by atoms with Crippen molar-refractivity contribution in [3.05, 3.63) is 52.6 Å². The number of amides is 1. The van der Waals surface area contributed by atoms with E-state index in [2.05, 4.69) is 0 Å². The molecule has 0 spiro atoms. The number of aliphatic hydroxyl groups is 1. The molecule has 0 saturated carbocycles. The molecule has 0 unspecified atom stereocenters. The van der Waals surface area contributed by atoms with Gasteiger partial charge in [0, 0.05) is 30.7 Å². The Morgan fingerprint density at radius 2 is 1.85 bits per heavy atom. The molecule has 0 saturated heterocycles. The maximum absolute atomic E-state index is 12.7. The van der Waals surface area contributed by atoms with E-state index in [0.29, 0.717) is 42.0 Å². The molecule has 0 bridgehead atoms. The first kappa shape index (κ1) is 18.1. The average Bonchev–Trinajstić information content (AvgIpc) is 2.99. The van der Waals surface area contributed by atoms with Gasteiger partial charge in [0.1, 0.15) is 17.2 Å². The van der Waals surface area contributed by atoms with Gasteiger partial charge in [-0.05, 0) is 30.2 Å². The summed E-state index contributed by atoms with van der Waals surface area (Å²) in [5, 5.41) is 19.8. The van der Waals surface area contributed by atoms with E-state index in [0.717, 1.165) is 11.3 Å². The number of methoxy groups -OCH3 is 2. The fourth-order valence-electron chi connectivity index (χ4n) is 3.29. The highest BCUT2D eigenvalue weighted by atomic mass is 16.5. The number of phenols is 1. The normalized spacial score (nSPS) is 13.0. The predicted octanol–water partition coefficient (Wildman–Crippen LogP) is 2.14. The van der Waals surface area contributed by atoms with E-state index in [1.165, 1.54) is 7.11 Å². The highest BCUT2D eigenvalue weighted by Crippen LogP contribution is 2.39. The van der Waals surface area contributed by atoms with Crippen molar-refractivity contribution in [2.75, 3.05) is 27.4 Å². The van der Waals surface area contributed by atoms with Crippen LogP contribution in [0.25, 0.3) is 0 Å². The molecule has 1 amide bonds. The Labute approximate surface area is 152 Å². The van der Waals surface area contributed by atoms with E-state index >= 15 is 0 Å². The highest BCUT2D eigenvalue weighted by Gasteiger charge is 2.32. The zero-order chi connectivity index (χ0) is 18.7. The van der Waals surface area contributed by atoms with Crippen LogP contribution >= 0.6 is 0 Å². The Balaban J connectivity index is 1.77. The first-order valence-corrected chi connectivity index (χ1v) is 8.53. The number of fused-ring (bicyclic) bond motifs is 1. The average molecular weight is 357 g/mol. The SMILES string of the molecule is COc1ccc(CCN2Cc3c(cc(OC)c(CCO)c3O)C2=O)cc1. The maximum Gasteiger partial charge on any atom is 0.254 e. The summed E-state index contributed by atoms with van der Waals surface area (Å²) in [6.45, 7) is 0.813. The zero-order valence-electron chi connectivity index (χ0n) is 15.0. The van der Waals surface area contributed by atoms with Crippen LogP contribution in [0.15, 0.2) is 30.3 Å². The molecule has 2 aromatic rings. The van der Waals surface area contributed by atoms with E-state index in [1.54, 1.807) is 18.1 Å². The number of nitrogens with zero attached hydrogens (tertiary/aromatic N) is 1. The van der Waals surface area contributed by atoms with Gasteiger partial charge in [-0.3, -0.25) is 4.79 Å². The number of hydrogen-bond donors (Lipinski definition) is 2. The van der Waals surface area contributed by atoms with Crippen molar-refractivity contribution in [3.8, 4) is 17.2 Å². The molecule has 0 aliphatic carbocycles. The van der Waals surface area contributed by atoms with Crippen LogP contribution < -0.4 is 9.47 Å². The number of carbonyl (C=O) groups excluding carboxylic acids is 1. The largest absolute Gasteiger partial charge is 0.507 e. The van der Waals surface area contributed by atoms with Crippen molar-refractivity contribution >= 4 is 5.91 Å². The Morgan fingerprint density at radius 3 is 2.46 bits per heavy atom. The van der Waals surface area contributed by atoms with E-state index in [-0.39, 0.29) is 24.7 Å². The molecule has 138 valence electrons. The second-order valence-corrected chi connectivity index (χ2v) is 6.23. The van der Waals surface area contributed by atoms with Crippen LogP contribution in [0.5, 0.6) is 17.2 Å². The van der Waals surface area contributed by atoms with Gasteiger partial charge in [-0.25, -0.2) is 0 Å². The summed E-state index contributed by atoms with van der Waals surface area (Å²) in [6, 6.07) is 9.41. The lowest BCUT2D eigenvalue weighted by molar-refractivity contribution is 0.0780. The smallest absolute Gasteiger partial charge is 0.254 e. The highest BCUT2D eigenvalue weighted by molar-refractivity contribution is 6.00. The minimum Gasteiger partial charge on any atom is -0.507 e. The molecule has 3 rings (SSSR count). The zero-order valence-corrected chi connectivity index (χ0v) is 15.0. The number of hydrogen-bond acceptors (Lipinski definition) is 5. The second kappa shape index (κ2) is 7.66. The first-order valence-electron chi connectivity index (χ1n) is 8.53. The standard InChI is InChI=1S/C20H23NO5/c1-25-14-5-3-13(4-6-14)7-9-21-12-17-16(20(21)24)11-18(26-2)15(8-10-22)19(17)23/h3-6,11,22-23H,7-10,12H2,1-2H3. The van der Waals surface area contributed by atoms with Gasteiger partial charge in [-0.15, -0.1) is 0 Å². The van der Waals surface area contributed by atoms with Crippen molar-refractivity contribution in [2.24, 2.45) is 0 Å². The monoisotopic (exact) mass is 357 g/mol. The van der Waals surface area contributed by atoms with Crippen molar-refractivity contribution in [1.29, 1.82) is 0 Å². The van der Waals surface area contributed by atoms with Gasteiger partial charge in [-0.2, -0.15) is 0 Å². The predicted molar refractivity (Wildman–Crippen MR) is 96.9 cm³/mol.